The minimum absolute atomic E-state index is 0.00176. The Morgan fingerprint density at radius 2 is 1.27 bits per heavy atom. The van der Waals surface area contributed by atoms with Crippen LogP contribution in [-0.4, -0.2) is 84.6 Å². The Kier molecular flexibility index (Phi) is 7.79. The van der Waals surface area contributed by atoms with Gasteiger partial charge < -0.3 is 27.0 Å². The lowest BCUT2D eigenvalue weighted by atomic mass is 10.2. The van der Waals surface area contributed by atoms with Crippen molar-refractivity contribution in [2.75, 3.05) is 30.9 Å². The number of aromatic nitrogens is 11. The Bertz CT molecular complexity index is 1870. The van der Waals surface area contributed by atoms with Crippen molar-refractivity contribution in [2.45, 2.75) is 13.8 Å². The molecule has 5 rings (SSSR count). The molecular formula is C23H26N18O4. The van der Waals surface area contributed by atoms with Crippen molar-refractivity contribution < 1.29 is 19.4 Å². The molecule has 0 unspecified atom stereocenters. The van der Waals surface area contributed by atoms with E-state index < -0.39 is 18.4 Å². The first-order chi connectivity index (χ1) is 21.4. The molecule has 5 aromatic heterocycles. The third-order valence-corrected chi connectivity index (χ3v) is 6.29. The Morgan fingerprint density at radius 1 is 0.800 bits per heavy atom. The van der Waals surface area contributed by atoms with E-state index in [2.05, 4.69) is 55.8 Å². The number of carbonyl (C=O) groups excluding carboxylic acids is 2. The van der Waals surface area contributed by atoms with E-state index in [0.29, 0.717) is 11.4 Å². The lowest BCUT2D eigenvalue weighted by Gasteiger charge is -2.07. The Hall–Kier alpha value is -6.45. The molecule has 0 spiro atoms. The van der Waals surface area contributed by atoms with Crippen molar-refractivity contribution in [2.24, 2.45) is 34.6 Å². The first-order valence-corrected chi connectivity index (χ1v) is 12.8. The predicted molar refractivity (Wildman–Crippen MR) is 154 cm³/mol. The van der Waals surface area contributed by atoms with E-state index in [1.54, 1.807) is 27.9 Å². The van der Waals surface area contributed by atoms with E-state index >= 15 is 0 Å². The summed E-state index contributed by atoms with van der Waals surface area (Å²) < 4.78 is 9.76. The molecule has 0 bridgehead atoms. The summed E-state index contributed by atoms with van der Waals surface area (Å²) >= 11 is 0. The number of anilines is 3. The number of ketones is 1. The summed E-state index contributed by atoms with van der Waals surface area (Å²) in [5.74, 6) is -1.38. The second kappa shape index (κ2) is 11.7. The van der Waals surface area contributed by atoms with E-state index in [9.17, 15) is 14.7 Å². The van der Waals surface area contributed by atoms with E-state index in [1.807, 2.05) is 0 Å². The minimum Gasteiger partial charge on any atom is -0.465 e. The summed E-state index contributed by atoms with van der Waals surface area (Å²) in [5.41, 5.74) is 19.9. The summed E-state index contributed by atoms with van der Waals surface area (Å²) in [7, 11) is 4.38. The smallest absolute Gasteiger partial charge is 0.343 e. The van der Waals surface area contributed by atoms with Gasteiger partial charge in [-0.2, -0.15) is 44.7 Å². The van der Waals surface area contributed by atoms with Gasteiger partial charge in [0, 0.05) is 14.1 Å². The number of Topliss-reactive ketones (excluding diaryl/α,β-unsaturated/α-hetero) is 1. The van der Waals surface area contributed by atoms with Crippen LogP contribution < -0.4 is 17.2 Å². The molecule has 0 aromatic carbocycles. The molecular weight excluding hydrogens is 592 g/mol. The number of nitrogen functional groups attached to an aromatic ring is 3. The van der Waals surface area contributed by atoms with Gasteiger partial charge in [-0.15, -0.1) is 20.5 Å². The van der Waals surface area contributed by atoms with Crippen LogP contribution in [0.4, 0.5) is 40.6 Å². The van der Waals surface area contributed by atoms with Gasteiger partial charge in [0.05, 0.1) is 36.5 Å². The summed E-state index contributed by atoms with van der Waals surface area (Å²) in [6, 6.07) is 0. The highest BCUT2D eigenvalue weighted by atomic mass is 16.5. The SMILES string of the molecule is COC(=O)c1cnn(C)c1N=Nc1c(C)nn(-c2nc(N)nc(-n3nc(C)c(N=Nc4c(C(=O)CO)cnn4C)c3N)n2)c1N. The number of carbonyl (C=O) groups is 2. The molecule has 232 valence electrons. The molecule has 0 aliphatic rings. The molecule has 0 atom stereocenters. The van der Waals surface area contributed by atoms with Crippen LogP contribution in [0.1, 0.15) is 32.1 Å². The number of aliphatic hydroxyl groups is 1. The topological polar surface area (TPSA) is 301 Å². The molecule has 22 nitrogen and oxygen atoms in total. The first kappa shape index (κ1) is 30.0. The molecule has 0 radical (unpaired) electrons. The number of nitrogens with two attached hydrogens (primary N) is 3. The van der Waals surface area contributed by atoms with Gasteiger partial charge in [0.2, 0.25) is 5.95 Å². The number of aliphatic hydroxyl groups excluding tert-OH is 1. The van der Waals surface area contributed by atoms with Gasteiger partial charge in [-0.05, 0) is 13.8 Å². The normalized spacial score (nSPS) is 11.7. The van der Waals surface area contributed by atoms with Crippen molar-refractivity contribution >= 4 is 52.3 Å². The summed E-state index contributed by atoms with van der Waals surface area (Å²) in [4.78, 5) is 36.7. The van der Waals surface area contributed by atoms with Gasteiger partial charge >= 0.3 is 5.97 Å². The number of aryl methyl sites for hydroxylation is 4. The summed E-state index contributed by atoms with van der Waals surface area (Å²) in [5, 5.41) is 42.5. The van der Waals surface area contributed by atoms with Gasteiger partial charge in [-0.3, -0.25) is 4.79 Å². The maximum atomic E-state index is 12.1. The molecule has 0 fully saturated rings. The van der Waals surface area contributed by atoms with E-state index in [-0.39, 0.29) is 63.6 Å². The number of esters is 1. The summed E-state index contributed by atoms with van der Waals surface area (Å²) in [6.45, 7) is 2.53. The van der Waals surface area contributed by atoms with Gasteiger partial charge in [0.15, 0.2) is 40.4 Å². The zero-order valence-corrected chi connectivity index (χ0v) is 24.5. The monoisotopic (exact) mass is 618 g/mol. The average molecular weight is 619 g/mol. The molecule has 0 saturated carbocycles. The lowest BCUT2D eigenvalue weighted by molar-refractivity contribution is 0.0601. The van der Waals surface area contributed by atoms with Crippen LogP contribution in [0.15, 0.2) is 32.9 Å². The molecule has 0 aliphatic carbocycles. The third-order valence-electron chi connectivity index (χ3n) is 6.29. The number of hydrogen-bond donors (Lipinski definition) is 4. The van der Waals surface area contributed by atoms with Gasteiger partial charge in [-0.25, -0.2) is 14.2 Å². The first-order valence-electron chi connectivity index (χ1n) is 12.8. The third kappa shape index (κ3) is 5.42. The maximum absolute atomic E-state index is 12.1. The number of ether oxygens (including phenoxy) is 1. The lowest BCUT2D eigenvalue weighted by Crippen LogP contribution is -2.15. The predicted octanol–water partition coefficient (Wildman–Crippen LogP) is 0.866. The fraction of sp³-hybridized carbons (Fsp3) is 0.261. The van der Waals surface area contributed by atoms with Crippen molar-refractivity contribution in [1.29, 1.82) is 0 Å². The van der Waals surface area contributed by atoms with E-state index in [1.165, 1.54) is 33.5 Å². The van der Waals surface area contributed by atoms with E-state index in [0.717, 1.165) is 4.68 Å². The molecule has 5 heterocycles. The quantitative estimate of drug-likeness (QED) is 0.101. The average Bonchev–Trinajstić information content (AvgIpc) is 3.73. The van der Waals surface area contributed by atoms with Gasteiger partial charge in [-0.1, -0.05) is 0 Å². The van der Waals surface area contributed by atoms with Gasteiger partial charge in [0.1, 0.15) is 12.2 Å². The molecule has 7 N–H and O–H groups in total. The molecule has 0 saturated heterocycles. The van der Waals surface area contributed by atoms with Crippen molar-refractivity contribution in [1.82, 2.24) is 54.1 Å². The maximum Gasteiger partial charge on any atom is 0.343 e. The highest BCUT2D eigenvalue weighted by Crippen LogP contribution is 2.33. The van der Waals surface area contributed by atoms with Crippen LogP contribution in [0.3, 0.4) is 0 Å². The number of methoxy groups -OCH3 is 1. The molecule has 22 heteroatoms. The number of hydrogen-bond acceptors (Lipinski definition) is 18. The molecule has 45 heavy (non-hydrogen) atoms. The second-order valence-electron chi connectivity index (χ2n) is 9.24. The standard InChI is InChI=1S/C23H26N18O4/c1-9-14(32-34-18-11(13(43)8-42)6-27-38(18)3)16(24)40(36-9)22-29-21(26)30-23(31-22)41-17(25)15(10(2)37-41)33-35-19-12(20(44)45-5)7-28-39(19)4/h6-7,42H,8,24-25H2,1-5H3,(H2,26,29,30,31). The van der Waals surface area contributed by atoms with Crippen LogP contribution in [0.2, 0.25) is 0 Å². The van der Waals surface area contributed by atoms with Crippen molar-refractivity contribution in [3.05, 3.63) is 34.9 Å². The minimum atomic E-state index is -0.720. The highest BCUT2D eigenvalue weighted by Gasteiger charge is 2.22. The number of azo groups is 2. The van der Waals surface area contributed by atoms with Crippen LogP contribution in [-0.2, 0) is 18.8 Å². The Balaban J connectivity index is 1.50. The second-order valence-corrected chi connectivity index (χ2v) is 9.24. The molecule has 0 amide bonds. The van der Waals surface area contributed by atoms with Crippen molar-refractivity contribution in [3.63, 3.8) is 0 Å². The highest BCUT2D eigenvalue weighted by molar-refractivity contribution is 6.00. The zero-order valence-electron chi connectivity index (χ0n) is 24.5. The van der Waals surface area contributed by atoms with Crippen LogP contribution >= 0.6 is 0 Å². The zero-order chi connectivity index (χ0) is 32.6. The fourth-order valence-corrected chi connectivity index (χ4v) is 4.01. The largest absolute Gasteiger partial charge is 0.465 e. The molecule has 5 aromatic rings. The number of nitrogens with zero attached hydrogens (tertiary/aromatic N) is 15. The van der Waals surface area contributed by atoms with Crippen molar-refractivity contribution in [3.8, 4) is 11.9 Å². The van der Waals surface area contributed by atoms with Crippen LogP contribution in [0.25, 0.3) is 11.9 Å². The summed E-state index contributed by atoms with van der Waals surface area (Å²) in [6.07, 6.45) is 2.58. The van der Waals surface area contributed by atoms with Crippen LogP contribution in [0.5, 0.6) is 0 Å². The molecule has 0 aliphatic heterocycles. The Labute approximate surface area is 252 Å². The fourth-order valence-electron chi connectivity index (χ4n) is 4.01. The Morgan fingerprint density at radius 3 is 1.73 bits per heavy atom. The van der Waals surface area contributed by atoms with Gasteiger partial charge in [0.25, 0.3) is 11.9 Å². The van der Waals surface area contributed by atoms with Crippen LogP contribution in [0, 0.1) is 13.8 Å². The van der Waals surface area contributed by atoms with E-state index in [4.69, 9.17) is 21.9 Å². The number of rotatable bonds is 9.